The number of hydrazine groups is 1. The molecule has 1 heterocycles. The molecular formula is C11H24N4OS2. The summed E-state index contributed by atoms with van der Waals surface area (Å²) in [6, 6.07) is 0. The van der Waals surface area contributed by atoms with Crippen LogP contribution in [0.5, 0.6) is 0 Å². The van der Waals surface area contributed by atoms with Gasteiger partial charge >= 0.3 is 0 Å². The fraction of sp³-hybridized carbons (Fsp3) is 0.909. The maximum atomic E-state index is 5.44. The average Bonchev–Trinajstić information content (AvgIpc) is 2.43. The van der Waals surface area contributed by atoms with Crippen LogP contribution < -0.4 is 16.6 Å². The third-order valence-electron chi connectivity index (χ3n) is 2.44. The number of ether oxygens (including phenoxy) is 1. The number of guanidine groups is 1. The van der Waals surface area contributed by atoms with Crippen molar-refractivity contribution >= 4 is 29.5 Å². The highest BCUT2D eigenvalue weighted by molar-refractivity contribution is 8.06. The Morgan fingerprint density at radius 3 is 3.06 bits per heavy atom. The van der Waals surface area contributed by atoms with Gasteiger partial charge < -0.3 is 10.1 Å². The summed E-state index contributed by atoms with van der Waals surface area (Å²) in [5.41, 5.74) is 2.61. The lowest BCUT2D eigenvalue weighted by Crippen LogP contribution is -2.42. The number of nitrogens with one attached hydrogen (secondary N) is 2. The molecule has 1 saturated heterocycles. The zero-order chi connectivity index (χ0) is 13.1. The molecule has 0 spiro atoms. The average molecular weight is 292 g/mol. The second-order valence-electron chi connectivity index (χ2n) is 3.88. The van der Waals surface area contributed by atoms with Crippen molar-refractivity contribution in [3.63, 3.8) is 0 Å². The Kier molecular flexibility index (Phi) is 9.55. The number of hydrogen-bond acceptors (Lipinski definition) is 5. The monoisotopic (exact) mass is 292 g/mol. The minimum absolute atomic E-state index is 0.623. The molecule has 1 unspecified atom stereocenters. The Bertz CT molecular complexity index is 235. The van der Waals surface area contributed by atoms with Crippen LogP contribution in [0.25, 0.3) is 0 Å². The number of hydrogen-bond donors (Lipinski definition) is 3. The molecule has 4 N–H and O–H groups in total. The zero-order valence-electron chi connectivity index (χ0n) is 11.0. The highest BCUT2D eigenvalue weighted by Crippen LogP contribution is 2.23. The van der Waals surface area contributed by atoms with Crippen LogP contribution in [0.4, 0.5) is 0 Å². The molecule has 5 nitrogen and oxygen atoms in total. The first kappa shape index (κ1) is 15.9. The van der Waals surface area contributed by atoms with E-state index in [0.717, 1.165) is 32.7 Å². The van der Waals surface area contributed by atoms with Gasteiger partial charge in [0, 0.05) is 42.3 Å². The second kappa shape index (κ2) is 10.8. The van der Waals surface area contributed by atoms with Gasteiger partial charge in [0.1, 0.15) is 0 Å². The molecule has 7 heteroatoms. The molecule has 0 aromatic heterocycles. The predicted octanol–water partition coefficient (Wildman–Crippen LogP) is 0.671. The molecule has 106 valence electrons. The first-order valence-corrected chi connectivity index (χ1v) is 8.59. The number of nitrogens with zero attached hydrogens (tertiary/aromatic N) is 1. The Morgan fingerprint density at radius 2 is 2.39 bits per heavy atom. The van der Waals surface area contributed by atoms with E-state index in [1.807, 2.05) is 30.4 Å². The van der Waals surface area contributed by atoms with Gasteiger partial charge in [-0.15, -0.1) is 0 Å². The lowest BCUT2D eigenvalue weighted by Gasteiger charge is -2.19. The van der Waals surface area contributed by atoms with Gasteiger partial charge in [-0.1, -0.05) is 0 Å². The molecule has 18 heavy (non-hydrogen) atoms. The van der Waals surface area contributed by atoms with E-state index in [-0.39, 0.29) is 0 Å². The number of nitrogens with two attached hydrogens (primary N) is 1. The van der Waals surface area contributed by atoms with Gasteiger partial charge in [-0.25, -0.2) is 5.84 Å². The molecule has 1 fully saturated rings. The molecule has 1 aliphatic rings. The topological polar surface area (TPSA) is 71.7 Å². The highest BCUT2D eigenvalue weighted by atomic mass is 32.2. The van der Waals surface area contributed by atoms with E-state index in [2.05, 4.69) is 15.7 Å². The van der Waals surface area contributed by atoms with Crippen LogP contribution in [0.3, 0.4) is 0 Å². The smallest absolute Gasteiger partial charge is 0.205 e. The van der Waals surface area contributed by atoms with Crippen LogP contribution in [-0.4, -0.2) is 54.8 Å². The summed E-state index contributed by atoms with van der Waals surface area (Å²) in [7, 11) is 0. The normalized spacial score (nSPS) is 20.8. The lowest BCUT2D eigenvalue weighted by molar-refractivity contribution is 0.145. The SMILES string of the molecule is CCOCCCNC(=NCC1CSCCS1)NN. The van der Waals surface area contributed by atoms with Gasteiger partial charge in [0.15, 0.2) is 0 Å². The van der Waals surface area contributed by atoms with Crippen molar-refractivity contribution in [1.29, 1.82) is 0 Å². The minimum atomic E-state index is 0.623. The molecule has 0 amide bonds. The first-order valence-electron chi connectivity index (χ1n) is 6.38. The zero-order valence-corrected chi connectivity index (χ0v) is 12.6. The summed E-state index contributed by atoms with van der Waals surface area (Å²) in [5.74, 6) is 9.82. The third kappa shape index (κ3) is 7.35. The van der Waals surface area contributed by atoms with Gasteiger partial charge in [0.2, 0.25) is 5.96 Å². The van der Waals surface area contributed by atoms with Gasteiger partial charge in [0.25, 0.3) is 0 Å². The molecular weight excluding hydrogens is 268 g/mol. The van der Waals surface area contributed by atoms with E-state index in [1.54, 1.807) is 0 Å². The molecule has 1 atom stereocenters. The van der Waals surface area contributed by atoms with Crippen molar-refractivity contribution in [2.45, 2.75) is 18.6 Å². The molecule has 0 saturated carbocycles. The standard InChI is InChI=1S/C11H24N4OS2/c1-2-16-5-3-4-13-11(15-12)14-8-10-9-17-6-7-18-10/h10H,2-9,12H2,1H3,(H2,13,14,15). The fourth-order valence-corrected chi connectivity index (χ4v) is 4.09. The predicted molar refractivity (Wildman–Crippen MR) is 82.3 cm³/mol. The Hall–Kier alpha value is -0.110. The van der Waals surface area contributed by atoms with E-state index in [4.69, 9.17) is 10.6 Å². The summed E-state index contributed by atoms with van der Waals surface area (Å²) >= 11 is 4.02. The number of aliphatic imine (C=N–C) groups is 1. The summed E-state index contributed by atoms with van der Waals surface area (Å²) in [4.78, 5) is 4.48. The lowest BCUT2D eigenvalue weighted by atomic mass is 10.4. The molecule has 0 aromatic carbocycles. The molecule has 0 aromatic rings. The molecule has 1 rings (SSSR count). The Balaban J connectivity index is 2.13. The maximum absolute atomic E-state index is 5.44. The van der Waals surface area contributed by atoms with E-state index < -0.39 is 0 Å². The van der Waals surface area contributed by atoms with Crippen LogP contribution in [0.15, 0.2) is 4.99 Å². The summed E-state index contributed by atoms with van der Waals surface area (Å²) < 4.78 is 5.27. The van der Waals surface area contributed by atoms with Crippen LogP contribution in [0.1, 0.15) is 13.3 Å². The van der Waals surface area contributed by atoms with Crippen LogP contribution in [-0.2, 0) is 4.74 Å². The Labute approximate surface area is 118 Å². The number of rotatable bonds is 7. The largest absolute Gasteiger partial charge is 0.382 e. The van der Waals surface area contributed by atoms with Crippen molar-refractivity contribution in [2.75, 3.05) is 43.6 Å². The van der Waals surface area contributed by atoms with E-state index >= 15 is 0 Å². The van der Waals surface area contributed by atoms with Gasteiger partial charge in [0.05, 0.1) is 6.54 Å². The highest BCUT2D eigenvalue weighted by Gasteiger charge is 2.13. The minimum Gasteiger partial charge on any atom is -0.382 e. The van der Waals surface area contributed by atoms with Crippen LogP contribution in [0.2, 0.25) is 0 Å². The molecule has 0 aliphatic carbocycles. The second-order valence-corrected chi connectivity index (χ2v) is 6.44. The van der Waals surface area contributed by atoms with Crippen molar-refractivity contribution in [2.24, 2.45) is 10.8 Å². The molecule has 0 bridgehead atoms. The summed E-state index contributed by atoms with van der Waals surface area (Å²) in [6.45, 7) is 5.20. The summed E-state index contributed by atoms with van der Waals surface area (Å²) in [5, 5.41) is 3.81. The van der Waals surface area contributed by atoms with Gasteiger partial charge in [-0.3, -0.25) is 10.4 Å². The van der Waals surface area contributed by atoms with E-state index in [9.17, 15) is 0 Å². The van der Waals surface area contributed by atoms with E-state index in [0.29, 0.717) is 11.2 Å². The Morgan fingerprint density at radius 1 is 1.50 bits per heavy atom. The summed E-state index contributed by atoms with van der Waals surface area (Å²) in [6.07, 6.45) is 0.961. The third-order valence-corrected chi connectivity index (χ3v) is 5.26. The number of thioether (sulfide) groups is 2. The molecule has 0 radical (unpaired) electrons. The van der Waals surface area contributed by atoms with Crippen molar-refractivity contribution < 1.29 is 4.74 Å². The quantitative estimate of drug-likeness (QED) is 0.211. The van der Waals surface area contributed by atoms with Crippen LogP contribution in [0, 0.1) is 0 Å². The van der Waals surface area contributed by atoms with Crippen molar-refractivity contribution in [3.05, 3.63) is 0 Å². The fourth-order valence-electron chi connectivity index (χ4n) is 1.51. The van der Waals surface area contributed by atoms with Gasteiger partial charge in [-0.05, 0) is 13.3 Å². The van der Waals surface area contributed by atoms with Crippen molar-refractivity contribution in [3.8, 4) is 0 Å². The molecule has 1 aliphatic heterocycles. The van der Waals surface area contributed by atoms with Crippen molar-refractivity contribution in [1.82, 2.24) is 10.7 Å². The van der Waals surface area contributed by atoms with E-state index in [1.165, 1.54) is 17.3 Å². The van der Waals surface area contributed by atoms with Gasteiger partial charge in [-0.2, -0.15) is 23.5 Å². The first-order chi connectivity index (χ1) is 8.86. The van der Waals surface area contributed by atoms with Crippen LogP contribution >= 0.6 is 23.5 Å². The maximum Gasteiger partial charge on any atom is 0.205 e.